The average Bonchev–Trinajstić information content (AvgIpc) is 2.90. The molecule has 0 saturated carbocycles. The summed E-state index contributed by atoms with van der Waals surface area (Å²) in [6.07, 6.45) is 1.36. The lowest BCUT2D eigenvalue weighted by Crippen LogP contribution is -2.03. The summed E-state index contributed by atoms with van der Waals surface area (Å²) in [6.45, 7) is 0. The van der Waals surface area contributed by atoms with Crippen LogP contribution in [-0.4, -0.2) is 12.9 Å². The molecule has 0 N–H and O–H groups in total. The van der Waals surface area contributed by atoms with Crippen molar-refractivity contribution in [1.29, 1.82) is 0 Å². The first-order valence-corrected chi connectivity index (χ1v) is 6.05. The molecule has 2 aromatic carbocycles. The van der Waals surface area contributed by atoms with Gasteiger partial charge in [-0.25, -0.2) is 4.39 Å². The van der Waals surface area contributed by atoms with Crippen molar-refractivity contribution in [2.45, 2.75) is 0 Å². The monoisotopic (exact) mass is 270 g/mol. The molecule has 100 valence electrons. The Morgan fingerprint density at radius 2 is 1.95 bits per heavy atom. The number of ketones is 1. The van der Waals surface area contributed by atoms with Crippen LogP contribution in [0.4, 0.5) is 4.39 Å². The Balaban J connectivity index is 2.09. The quantitative estimate of drug-likeness (QED) is 0.679. The van der Waals surface area contributed by atoms with Crippen molar-refractivity contribution in [2.24, 2.45) is 0 Å². The smallest absolute Gasteiger partial charge is 0.199 e. The van der Waals surface area contributed by atoms with Crippen LogP contribution >= 0.6 is 0 Å². The van der Waals surface area contributed by atoms with Gasteiger partial charge in [-0.05, 0) is 18.2 Å². The zero-order valence-electron chi connectivity index (χ0n) is 10.7. The molecule has 0 saturated heterocycles. The van der Waals surface area contributed by atoms with Gasteiger partial charge < -0.3 is 9.15 Å². The molecule has 20 heavy (non-hydrogen) atoms. The van der Waals surface area contributed by atoms with Crippen LogP contribution in [-0.2, 0) is 0 Å². The van der Waals surface area contributed by atoms with Crippen molar-refractivity contribution in [1.82, 2.24) is 0 Å². The summed E-state index contributed by atoms with van der Waals surface area (Å²) in [5, 5.41) is 0.674. The predicted octanol–water partition coefficient (Wildman–Crippen LogP) is 3.81. The largest absolute Gasteiger partial charge is 0.497 e. The number of benzene rings is 2. The number of para-hydroxylation sites is 1. The summed E-state index contributed by atoms with van der Waals surface area (Å²) < 4.78 is 24.2. The molecule has 0 atom stereocenters. The normalized spacial score (nSPS) is 10.7. The topological polar surface area (TPSA) is 39.4 Å². The second kappa shape index (κ2) is 4.81. The molecular formula is C16H11FO3. The number of halogens is 1. The number of methoxy groups -OCH3 is 1. The standard InChI is InChI=1S/C16H11FO3/c1-19-10-6-7-12(14(17)8-10)16(18)13-9-20-15-5-3-2-4-11(13)15/h2-9H,1H3. The van der Waals surface area contributed by atoms with Gasteiger partial charge in [0.15, 0.2) is 5.78 Å². The Morgan fingerprint density at radius 3 is 2.70 bits per heavy atom. The molecule has 1 aromatic heterocycles. The summed E-state index contributed by atoms with van der Waals surface area (Å²) in [5.74, 6) is -0.647. The van der Waals surface area contributed by atoms with Crippen molar-refractivity contribution < 1.29 is 18.3 Å². The van der Waals surface area contributed by atoms with Gasteiger partial charge in [0.2, 0.25) is 0 Å². The molecule has 0 spiro atoms. The molecule has 0 bridgehead atoms. The number of fused-ring (bicyclic) bond motifs is 1. The number of carbonyl (C=O) groups excluding carboxylic acids is 1. The van der Waals surface area contributed by atoms with E-state index >= 15 is 0 Å². The minimum Gasteiger partial charge on any atom is -0.497 e. The van der Waals surface area contributed by atoms with Crippen molar-refractivity contribution >= 4 is 16.8 Å². The number of carbonyl (C=O) groups is 1. The van der Waals surface area contributed by atoms with Crippen LogP contribution in [0.25, 0.3) is 11.0 Å². The number of hydrogen-bond acceptors (Lipinski definition) is 3. The van der Waals surface area contributed by atoms with Crippen molar-refractivity contribution in [2.75, 3.05) is 7.11 Å². The molecule has 3 rings (SSSR count). The third-order valence-corrected chi connectivity index (χ3v) is 3.15. The Morgan fingerprint density at radius 1 is 1.15 bits per heavy atom. The number of ether oxygens (including phenoxy) is 1. The minimum absolute atomic E-state index is 0.00245. The van der Waals surface area contributed by atoms with E-state index in [9.17, 15) is 9.18 Å². The van der Waals surface area contributed by atoms with Gasteiger partial charge >= 0.3 is 0 Å². The van der Waals surface area contributed by atoms with Gasteiger partial charge in [0.1, 0.15) is 23.4 Å². The lowest BCUT2D eigenvalue weighted by atomic mass is 10.0. The predicted molar refractivity (Wildman–Crippen MR) is 72.6 cm³/mol. The highest BCUT2D eigenvalue weighted by Gasteiger charge is 2.19. The molecular weight excluding hydrogens is 259 g/mol. The van der Waals surface area contributed by atoms with Crippen molar-refractivity contribution in [3.63, 3.8) is 0 Å². The number of furan rings is 1. The van der Waals surface area contributed by atoms with E-state index < -0.39 is 11.6 Å². The zero-order valence-corrected chi connectivity index (χ0v) is 10.7. The van der Waals surface area contributed by atoms with Crippen LogP contribution in [0.5, 0.6) is 5.75 Å². The Kier molecular flexibility index (Phi) is 2.99. The SMILES string of the molecule is COc1ccc(C(=O)c2coc3ccccc23)c(F)c1. The summed E-state index contributed by atoms with van der Waals surface area (Å²) in [6, 6.07) is 11.3. The Hall–Kier alpha value is -2.62. The summed E-state index contributed by atoms with van der Waals surface area (Å²) >= 11 is 0. The molecule has 0 aliphatic carbocycles. The highest BCUT2D eigenvalue weighted by Crippen LogP contribution is 2.25. The van der Waals surface area contributed by atoms with Gasteiger partial charge in [0, 0.05) is 11.5 Å². The average molecular weight is 270 g/mol. The van der Waals surface area contributed by atoms with E-state index in [4.69, 9.17) is 9.15 Å². The lowest BCUT2D eigenvalue weighted by molar-refractivity contribution is 0.103. The van der Waals surface area contributed by atoms with Gasteiger partial charge in [-0.2, -0.15) is 0 Å². The zero-order chi connectivity index (χ0) is 14.1. The second-order valence-corrected chi connectivity index (χ2v) is 4.32. The second-order valence-electron chi connectivity index (χ2n) is 4.32. The molecule has 3 aromatic rings. The van der Waals surface area contributed by atoms with E-state index in [1.807, 2.05) is 6.07 Å². The summed E-state index contributed by atoms with van der Waals surface area (Å²) in [4.78, 5) is 12.4. The van der Waals surface area contributed by atoms with Gasteiger partial charge in [-0.3, -0.25) is 4.79 Å². The Labute approximate surface area is 114 Å². The summed E-state index contributed by atoms with van der Waals surface area (Å²) in [7, 11) is 1.44. The number of hydrogen-bond donors (Lipinski definition) is 0. The van der Waals surface area contributed by atoms with Crippen LogP contribution in [0.3, 0.4) is 0 Å². The maximum absolute atomic E-state index is 13.9. The van der Waals surface area contributed by atoms with Gasteiger partial charge in [0.25, 0.3) is 0 Å². The van der Waals surface area contributed by atoms with Gasteiger partial charge in [-0.1, -0.05) is 18.2 Å². The fourth-order valence-corrected chi connectivity index (χ4v) is 2.11. The highest BCUT2D eigenvalue weighted by molar-refractivity contribution is 6.16. The van der Waals surface area contributed by atoms with Crippen LogP contribution in [0, 0.1) is 5.82 Å². The maximum Gasteiger partial charge on any atom is 0.199 e. The first-order valence-electron chi connectivity index (χ1n) is 6.05. The Bertz CT molecular complexity index is 789. The molecule has 0 aliphatic heterocycles. The molecule has 4 heteroatoms. The van der Waals surface area contributed by atoms with E-state index in [0.29, 0.717) is 22.3 Å². The van der Waals surface area contributed by atoms with Crippen LogP contribution < -0.4 is 4.74 Å². The lowest BCUT2D eigenvalue weighted by Gasteiger charge is -2.04. The van der Waals surface area contributed by atoms with E-state index in [0.717, 1.165) is 0 Å². The first-order chi connectivity index (χ1) is 9.70. The fraction of sp³-hybridized carbons (Fsp3) is 0.0625. The molecule has 0 radical (unpaired) electrons. The minimum atomic E-state index is -0.611. The fourth-order valence-electron chi connectivity index (χ4n) is 2.11. The van der Waals surface area contributed by atoms with Crippen LogP contribution in [0.15, 0.2) is 53.1 Å². The van der Waals surface area contributed by atoms with Crippen LogP contribution in [0.1, 0.15) is 15.9 Å². The van der Waals surface area contributed by atoms with E-state index in [-0.39, 0.29) is 5.56 Å². The van der Waals surface area contributed by atoms with E-state index in [1.165, 1.54) is 25.5 Å². The molecule has 0 aliphatic rings. The molecule has 3 nitrogen and oxygen atoms in total. The maximum atomic E-state index is 13.9. The van der Waals surface area contributed by atoms with Gasteiger partial charge in [0.05, 0.1) is 18.2 Å². The third-order valence-electron chi connectivity index (χ3n) is 3.15. The van der Waals surface area contributed by atoms with Crippen molar-refractivity contribution in [3.8, 4) is 5.75 Å². The molecule has 0 unspecified atom stereocenters. The van der Waals surface area contributed by atoms with Crippen LogP contribution in [0.2, 0.25) is 0 Å². The van der Waals surface area contributed by atoms with E-state index in [2.05, 4.69) is 0 Å². The first kappa shape index (κ1) is 12.4. The van der Waals surface area contributed by atoms with Crippen molar-refractivity contribution in [3.05, 3.63) is 65.7 Å². The highest BCUT2D eigenvalue weighted by atomic mass is 19.1. The summed E-state index contributed by atoms with van der Waals surface area (Å²) in [5.41, 5.74) is 0.951. The van der Waals surface area contributed by atoms with E-state index in [1.54, 1.807) is 24.3 Å². The third kappa shape index (κ3) is 1.95. The molecule has 1 heterocycles. The van der Waals surface area contributed by atoms with Gasteiger partial charge in [-0.15, -0.1) is 0 Å². The molecule has 0 fully saturated rings. The molecule has 0 amide bonds. The number of rotatable bonds is 3.